The fourth-order valence-electron chi connectivity index (χ4n) is 1.11. The van der Waals surface area contributed by atoms with Crippen LogP contribution in [0.25, 0.3) is 0 Å². The van der Waals surface area contributed by atoms with Gasteiger partial charge in [-0.2, -0.15) is 0 Å². The molecular formula is C10H14N2O5S. The van der Waals surface area contributed by atoms with Crippen LogP contribution in [0.15, 0.2) is 18.3 Å². The first kappa shape index (κ1) is 14.6. The van der Waals surface area contributed by atoms with Crippen LogP contribution in [-0.2, 0) is 21.3 Å². The van der Waals surface area contributed by atoms with E-state index in [9.17, 15) is 13.2 Å². The average molecular weight is 274 g/mol. The van der Waals surface area contributed by atoms with Crippen molar-refractivity contribution in [2.24, 2.45) is 0 Å². The van der Waals surface area contributed by atoms with E-state index in [1.807, 2.05) is 0 Å². The first-order valence-electron chi connectivity index (χ1n) is 5.09. The Kier molecular flexibility index (Phi) is 5.20. The molecule has 1 heterocycles. The van der Waals surface area contributed by atoms with Crippen LogP contribution in [-0.4, -0.2) is 43.9 Å². The predicted molar refractivity (Wildman–Crippen MR) is 63.7 cm³/mol. The van der Waals surface area contributed by atoms with Gasteiger partial charge in [-0.15, -0.1) is 0 Å². The SMILES string of the molecule is COCCS(=O)(=O)NCc1ccc(C(=O)O)nc1. The van der Waals surface area contributed by atoms with Gasteiger partial charge in [-0.3, -0.25) is 0 Å². The van der Waals surface area contributed by atoms with Gasteiger partial charge in [0.15, 0.2) is 0 Å². The molecule has 7 nitrogen and oxygen atoms in total. The molecule has 1 aromatic rings. The molecular weight excluding hydrogens is 260 g/mol. The number of sulfonamides is 1. The van der Waals surface area contributed by atoms with E-state index in [4.69, 9.17) is 5.11 Å². The van der Waals surface area contributed by atoms with Gasteiger partial charge in [-0.1, -0.05) is 6.07 Å². The molecule has 0 aromatic carbocycles. The number of carbonyl (C=O) groups is 1. The number of aromatic carboxylic acids is 1. The van der Waals surface area contributed by atoms with Crippen molar-refractivity contribution in [2.45, 2.75) is 6.54 Å². The third-order valence-electron chi connectivity index (χ3n) is 2.10. The van der Waals surface area contributed by atoms with E-state index in [1.54, 1.807) is 0 Å². The van der Waals surface area contributed by atoms with Crippen molar-refractivity contribution in [1.29, 1.82) is 0 Å². The quantitative estimate of drug-likeness (QED) is 0.716. The number of ether oxygens (including phenoxy) is 1. The second-order valence-corrected chi connectivity index (χ2v) is 5.42. The number of rotatable bonds is 7. The van der Waals surface area contributed by atoms with Crippen molar-refractivity contribution in [3.63, 3.8) is 0 Å². The van der Waals surface area contributed by atoms with Crippen LogP contribution in [0.1, 0.15) is 16.1 Å². The molecule has 1 rings (SSSR count). The van der Waals surface area contributed by atoms with Crippen molar-refractivity contribution >= 4 is 16.0 Å². The molecule has 0 atom stereocenters. The van der Waals surface area contributed by atoms with Gasteiger partial charge in [-0.25, -0.2) is 22.9 Å². The van der Waals surface area contributed by atoms with Gasteiger partial charge in [0.1, 0.15) is 5.69 Å². The molecule has 100 valence electrons. The summed E-state index contributed by atoms with van der Waals surface area (Å²) in [6, 6.07) is 2.83. The fraction of sp³-hybridized carbons (Fsp3) is 0.400. The molecule has 18 heavy (non-hydrogen) atoms. The molecule has 0 amide bonds. The summed E-state index contributed by atoms with van der Waals surface area (Å²) in [4.78, 5) is 14.2. The minimum absolute atomic E-state index is 0.0684. The molecule has 0 aliphatic carbocycles. The first-order chi connectivity index (χ1) is 8.44. The Balaban J connectivity index is 2.56. The zero-order valence-electron chi connectivity index (χ0n) is 9.79. The van der Waals surface area contributed by atoms with Crippen LogP contribution in [0, 0.1) is 0 Å². The van der Waals surface area contributed by atoms with E-state index in [0.29, 0.717) is 5.56 Å². The Morgan fingerprint density at radius 1 is 1.50 bits per heavy atom. The highest BCUT2D eigenvalue weighted by Crippen LogP contribution is 2.01. The summed E-state index contributed by atoms with van der Waals surface area (Å²) in [5.41, 5.74) is 0.502. The molecule has 2 N–H and O–H groups in total. The van der Waals surface area contributed by atoms with Crippen LogP contribution < -0.4 is 4.72 Å². The Morgan fingerprint density at radius 2 is 2.22 bits per heavy atom. The van der Waals surface area contributed by atoms with Crippen molar-refractivity contribution in [1.82, 2.24) is 9.71 Å². The topological polar surface area (TPSA) is 106 Å². The lowest BCUT2D eigenvalue weighted by Gasteiger charge is -2.06. The zero-order chi connectivity index (χ0) is 13.6. The second kappa shape index (κ2) is 6.43. The number of pyridine rings is 1. The molecule has 0 aliphatic heterocycles. The van der Waals surface area contributed by atoms with E-state index in [-0.39, 0.29) is 24.6 Å². The van der Waals surface area contributed by atoms with Gasteiger partial charge in [0.2, 0.25) is 10.0 Å². The Bertz CT molecular complexity index is 498. The number of hydrogen-bond acceptors (Lipinski definition) is 5. The maximum Gasteiger partial charge on any atom is 0.354 e. The summed E-state index contributed by atoms with van der Waals surface area (Å²) in [7, 11) is -1.97. The van der Waals surface area contributed by atoms with E-state index in [1.165, 1.54) is 25.4 Å². The summed E-state index contributed by atoms with van der Waals surface area (Å²) in [5, 5.41) is 8.64. The van der Waals surface area contributed by atoms with Crippen LogP contribution in [0.4, 0.5) is 0 Å². The third-order valence-corrected chi connectivity index (χ3v) is 3.38. The Labute approximate surface area is 105 Å². The second-order valence-electron chi connectivity index (χ2n) is 3.49. The molecule has 0 fully saturated rings. The third kappa shape index (κ3) is 4.78. The monoisotopic (exact) mass is 274 g/mol. The van der Waals surface area contributed by atoms with Crippen LogP contribution in [0.3, 0.4) is 0 Å². The summed E-state index contributed by atoms with van der Waals surface area (Å²) >= 11 is 0. The highest BCUT2D eigenvalue weighted by atomic mass is 32.2. The van der Waals surface area contributed by atoms with E-state index in [0.717, 1.165) is 0 Å². The predicted octanol–water partition coefficient (Wildman–Crippen LogP) is -0.154. The molecule has 0 spiro atoms. The van der Waals surface area contributed by atoms with Gasteiger partial charge in [-0.05, 0) is 11.6 Å². The first-order valence-corrected chi connectivity index (χ1v) is 6.74. The molecule has 0 saturated carbocycles. The van der Waals surface area contributed by atoms with Crippen molar-refractivity contribution in [2.75, 3.05) is 19.5 Å². The molecule has 0 bridgehead atoms. The van der Waals surface area contributed by atoms with Gasteiger partial charge in [0.25, 0.3) is 0 Å². The largest absolute Gasteiger partial charge is 0.477 e. The summed E-state index contributed by atoms with van der Waals surface area (Å²) in [6.07, 6.45) is 1.32. The molecule has 8 heteroatoms. The zero-order valence-corrected chi connectivity index (χ0v) is 10.6. The maximum absolute atomic E-state index is 11.4. The van der Waals surface area contributed by atoms with Crippen LogP contribution >= 0.6 is 0 Å². The highest BCUT2D eigenvalue weighted by molar-refractivity contribution is 7.89. The van der Waals surface area contributed by atoms with Gasteiger partial charge in [0.05, 0.1) is 12.4 Å². The highest BCUT2D eigenvalue weighted by Gasteiger charge is 2.10. The summed E-state index contributed by atoms with van der Waals surface area (Å²) in [5.74, 6) is -1.24. The number of aromatic nitrogens is 1. The van der Waals surface area contributed by atoms with E-state index < -0.39 is 16.0 Å². The van der Waals surface area contributed by atoms with Crippen molar-refractivity contribution < 1.29 is 23.1 Å². The van der Waals surface area contributed by atoms with Gasteiger partial charge in [0, 0.05) is 19.9 Å². The van der Waals surface area contributed by atoms with Crippen LogP contribution in [0.5, 0.6) is 0 Å². The number of nitrogens with zero attached hydrogens (tertiary/aromatic N) is 1. The smallest absolute Gasteiger partial charge is 0.354 e. The minimum Gasteiger partial charge on any atom is -0.477 e. The molecule has 0 unspecified atom stereocenters. The number of hydrogen-bond donors (Lipinski definition) is 2. The molecule has 0 radical (unpaired) electrons. The van der Waals surface area contributed by atoms with E-state index >= 15 is 0 Å². The number of carboxylic acids is 1. The Morgan fingerprint density at radius 3 is 2.72 bits per heavy atom. The number of carboxylic acid groups (broad SMARTS) is 1. The number of nitrogens with one attached hydrogen (secondary N) is 1. The molecule has 1 aromatic heterocycles. The minimum atomic E-state index is -3.39. The summed E-state index contributed by atoms with van der Waals surface area (Å²) in [6.45, 7) is 0.185. The van der Waals surface area contributed by atoms with E-state index in [2.05, 4.69) is 14.4 Å². The van der Waals surface area contributed by atoms with Gasteiger partial charge < -0.3 is 9.84 Å². The van der Waals surface area contributed by atoms with Crippen molar-refractivity contribution in [3.8, 4) is 0 Å². The van der Waals surface area contributed by atoms with Crippen molar-refractivity contribution in [3.05, 3.63) is 29.6 Å². The lowest BCUT2D eigenvalue weighted by molar-refractivity contribution is 0.0690. The molecule has 0 aliphatic rings. The number of methoxy groups -OCH3 is 1. The fourth-order valence-corrected chi connectivity index (χ4v) is 2.03. The lowest BCUT2D eigenvalue weighted by atomic mass is 10.2. The van der Waals surface area contributed by atoms with Gasteiger partial charge >= 0.3 is 5.97 Å². The standard InChI is InChI=1S/C10H14N2O5S/c1-17-4-5-18(15,16)12-7-8-2-3-9(10(13)14)11-6-8/h2-3,6,12H,4-5,7H2,1H3,(H,13,14). The molecule has 0 saturated heterocycles. The average Bonchev–Trinajstić information content (AvgIpc) is 2.35. The Hall–Kier alpha value is -1.51. The maximum atomic E-state index is 11.4. The summed E-state index contributed by atoms with van der Waals surface area (Å²) < 4.78 is 29.9. The lowest BCUT2D eigenvalue weighted by Crippen LogP contribution is -2.27. The van der Waals surface area contributed by atoms with Crippen LogP contribution in [0.2, 0.25) is 0 Å². The normalized spacial score (nSPS) is 11.4.